The van der Waals surface area contributed by atoms with E-state index in [0.29, 0.717) is 17.5 Å². The SMILES string of the molecule is Cc1ccccc1-c1cc(-c2cc(-c3ccccc3)c3oc4c(-c5ccccc5)ccc(-c5nc(-c6ccccc6)nc(-c6ccccc6)n5)c4c3c2)ccc1C. The highest BCUT2D eigenvalue weighted by molar-refractivity contribution is 6.19. The Hall–Kier alpha value is -7.43. The van der Waals surface area contributed by atoms with E-state index in [4.69, 9.17) is 19.4 Å². The molecule has 0 atom stereocenters. The van der Waals surface area contributed by atoms with Crippen LogP contribution in [0.1, 0.15) is 11.1 Å². The van der Waals surface area contributed by atoms with Crippen LogP contribution in [0.15, 0.2) is 192 Å². The normalized spacial score (nSPS) is 11.3. The number of hydrogen-bond acceptors (Lipinski definition) is 4. The van der Waals surface area contributed by atoms with Gasteiger partial charge in [-0.1, -0.05) is 158 Å². The van der Waals surface area contributed by atoms with Crippen molar-refractivity contribution in [2.45, 2.75) is 13.8 Å². The van der Waals surface area contributed by atoms with Gasteiger partial charge in [0.25, 0.3) is 0 Å². The fraction of sp³-hybridized carbons (Fsp3) is 0.0377. The molecule has 0 amide bonds. The highest BCUT2D eigenvalue weighted by Gasteiger charge is 2.23. The zero-order valence-corrected chi connectivity index (χ0v) is 31.6. The Morgan fingerprint density at radius 1 is 0.316 bits per heavy atom. The maximum absolute atomic E-state index is 7.16. The second kappa shape index (κ2) is 14.3. The van der Waals surface area contributed by atoms with Crippen LogP contribution in [0.3, 0.4) is 0 Å². The summed E-state index contributed by atoms with van der Waals surface area (Å²) in [4.78, 5) is 15.4. The van der Waals surface area contributed by atoms with Crippen LogP contribution in [-0.2, 0) is 0 Å². The number of aryl methyl sites for hydroxylation is 2. The van der Waals surface area contributed by atoms with Crippen molar-refractivity contribution in [2.75, 3.05) is 0 Å². The molecule has 0 aliphatic rings. The van der Waals surface area contributed by atoms with Crippen molar-refractivity contribution in [3.05, 3.63) is 199 Å². The minimum Gasteiger partial charge on any atom is -0.455 e. The molecular weight excluding hydrogens is 695 g/mol. The van der Waals surface area contributed by atoms with Gasteiger partial charge in [-0.25, -0.2) is 15.0 Å². The van der Waals surface area contributed by atoms with E-state index in [2.05, 4.69) is 135 Å². The van der Waals surface area contributed by atoms with Crippen molar-refractivity contribution in [3.63, 3.8) is 0 Å². The molecule has 2 heterocycles. The molecule has 0 saturated heterocycles. The van der Waals surface area contributed by atoms with Crippen LogP contribution in [0, 0.1) is 13.8 Å². The van der Waals surface area contributed by atoms with Gasteiger partial charge in [-0.3, -0.25) is 0 Å². The Kier molecular flexibility index (Phi) is 8.57. The van der Waals surface area contributed by atoms with E-state index in [1.165, 1.54) is 22.3 Å². The molecule has 57 heavy (non-hydrogen) atoms. The fourth-order valence-corrected chi connectivity index (χ4v) is 7.91. The van der Waals surface area contributed by atoms with Crippen molar-refractivity contribution in [1.29, 1.82) is 0 Å². The number of furan rings is 1. The highest BCUT2D eigenvalue weighted by Crippen LogP contribution is 2.46. The van der Waals surface area contributed by atoms with Gasteiger partial charge < -0.3 is 4.42 Å². The van der Waals surface area contributed by atoms with Crippen molar-refractivity contribution in [1.82, 2.24) is 15.0 Å². The Bertz CT molecular complexity index is 3010. The first-order chi connectivity index (χ1) is 28.1. The molecule has 4 heteroatoms. The molecule has 0 fully saturated rings. The van der Waals surface area contributed by atoms with E-state index in [1.807, 2.05) is 66.7 Å². The van der Waals surface area contributed by atoms with Crippen molar-refractivity contribution in [3.8, 4) is 78.7 Å². The van der Waals surface area contributed by atoms with Gasteiger partial charge in [0.2, 0.25) is 0 Å². The Balaban J connectivity index is 1.30. The molecule has 0 aliphatic heterocycles. The van der Waals surface area contributed by atoms with Gasteiger partial charge in [-0.2, -0.15) is 0 Å². The van der Waals surface area contributed by atoms with Crippen LogP contribution in [0.4, 0.5) is 0 Å². The van der Waals surface area contributed by atoms with Gasteiger partial charge in [-0.05, 0) is 88.7 Å². The van der Waals surface area contributed by atoms with E-state index in [0.717, 1.165) is 72.0 Å². The zero-order chi connectivity index (χ0) is 38.3. The van der Waals surface area contributed by atoms with E-state index in [9.17, 15) is 0 Å². The van der Waals surface area contributed by atoms with Crippen LogP contribution in [-0.4, -0.2) is 15.0 Å². The lowest BCUT2D eigenvalue weighted by atomic mass is 9.90. The second-order valence-corrected chi connectivity index (χ2v) is 14.5. The predicted molar refractivity (Wildman–Crippen MR) is 235 cm³/mol. The number of fused-ring (bicyclic) bond motifs is 3. The molecule has 0 saturated carbocycles. The number of nitrogens with zero attached hydrogens (tertiary/aromatic N) is 3. The third-order valence-corrected chi connectivity index (χ3v) is 10.8. The summed E-state index contributed by atoms with van der Waals surface area (Å²) in [6, 6.07) is 65.5. The van der Waals surface area contributed by atoms with Crippen molar-refractivity contribution >= 4 is 21.9 Å². The van der Waals surface area contributed by atoms with Gasteiger partial charge >= 0.3 is 0 Å². The number of aromatic nitrogens is 3. The first-order valence-corrected chi connectivity index (χ1v) is 19.3. The highest BCUT2D eigenvalue weighted by atomic mass is 16.3. The largest absolute Gasteiger partial charge is 0.455 e. The topological polar surface area (TPSA) is 51.8 Å². The number of benzene rings is 8. The molecule has 2 aromatic heterocycles. The Morgan fingerprint density at radius 3 is 1.42 bits per heavy atom. The summed E-state index contributed by atoms with van der Waals surface area (Å²) in [5, 5.41) is 1.95. The maximum atomic E-state index is 7.16. The van der Waals surface area contributed by atoms with Crippen LogP contribution in [0.5, 0.6) is 0 Å². The second-order valence-electron chi connectivity index (χ2n) is 14.5. The smallest absolute Gasteiger partial charge is 0.164 e. The molecule has 0 N–H and O–H groups in total. The first-order valence-electron chi connectivity index (χ1n) is 19.3. The van der Waals surface area contributed by atoms with E-state index < -0.39 is 0 Å². The average molecular weight is 732 g/mol. The quantitative estimate of drug-likeness (QED) is 0.164. The molecule has 10 aromatic rings. The summed E-state index contributed by atoms with van der Waals surface area (Å²) in [6.45, 7) is 4.37. The fourth-order valence-electron chi connectivity index (χ4n) is 7.91. The minimum atomic E-state index is 0.582. The van der Waals surface area contributed by atoms with Gasteiger partial charge in [-0.15, -0.1) is 0 Å². The molecule has 4 nitrogen and oxygen atoms in total. The van der Waals surface area contributed by atoms with Crippen LogP contribution in [0.25, 0.3) is 101 Å². The predicted octanol–water partition coefficient (Wildman–Crippen LogP) is 14.1. The lowest BCUT2D eigenvalue weighted by Gasteiger charge is -2.13. The molecule has 10 rings (SSSR count). The van der Waals surface area contributed by atoms with E-state index >= 15 is 0 Å². The third kappa shape index (κ3) is 6.27. The summed E-state index contributed by atoms with van der Waals surface area (Å²) in [7, 11) is 0. The summed E-state index contributed by atoms with van der Waals surface area (Å²) < 4.78 is 7.16. The van der Waals surface area contributed by atoms with Gasteiger partial charge in [0.15, 0.2) is 17.5 Å². The van der Waals surface area contributed by atoms with Crippen molar-refractivity contribution in [2.24, 2.45) is 0 Å². The Labute approximate surface area is 331 Å². The summed E-state index contributed by atoms with van der Waals surface area (Å²) in [5.41, 5.74) is 15.7. The van der Waals surface area contributed by atoms with Gasteiger partial charge in [0.1, 0.15) is 11.2 Å². The lowest BCUT2D eigenvalue weighted by molar-refractivity contribution is 0.671. The summed E-state index contributed by atoms with van der Waals surface area (Å²) in [6.07, 6.45) is 0. The molecule has 8 aromatic carbocycles. The van der Waals surface area contributed by atoms with Crippen LogP contribution in [0.2, 0.25) is 0 Å². The maximum Gasteiger partial charge on any atom is 0.164 e. The van der Waals surface area contributed by atoms with E-state index in [-0.39, 0.29) is 0 Å². The molecule has 0 aliphatic carbocycles. The van der Waals surface area contributed by atoms with Gasteiger partial charge in [0, 0.05) is 38.6 Å². The standard InChI is InChI=1S/C53H37N3O/c1-34-17-15-16-26-42(34)45-31-40(28-27-35(45)2)41-32-46(37-20-9-4-10-21-37)49-47(33-41)48-44(30-29-43(50(48)57-49)36-18-7-3-8-19-36)53-55-51(38-22-11-5-12-23-38)54-52(56-53)39-24-13-6-14-25-39/h3-33H,1-2H3. The third-order valence-electron chi connectivity index (χ3n) is 10.8. The average Bonchev–Trinajstić information content (AvgIpc) is 3.67. The van der Waals surface area contributed by atoms with Crippen molar-refractivity contribution < 1.29 is 4.42 Å². The monoisotopic (exact) mass is 731 g/mol. The van der Waals surface area contributed by atoms with Crippen LogP contribution < -0.4 is 0 Å². The van der Waals surface area contributed by atoms with E-state index in [1.54, 1.807) is 0 Å². The molecule has 0 bridgehead atoms. The summed E-state index contributed by atoms with van der Waals surface area (Å²) in [5.74, 6) is 1.81. The Morgan fingerprint density at radius 2 is 0.807 bits per heavy atom. The lowest BCUT2D eigenvalue weighted by Crippen LogP contribution is -2.00. The molecular formula is C53H37N3O. The van der Waals surface area contributed by atoms with Gasteiger partial charge in [0.05, 0.1) is 0 Å². The number of rotatable bonds is 7. The minimum absolute atomic E-state index is 0.582. The summed E-state index contributed by atoms with van der Waals surface area (Å²) >= 11 is 0. The van der Waals surface area contributed by atoms with Crippen LogP contribution >= 0.6 is 0 Å². The number of hydrogen-bond donors (Lipinski definition) is 0. The molecule has 270 valence electrons. The zero-order valence-electron chi connectivity index (χ0n) is 31.6. The molecule has 0 radical (unpaired) electrons. The molecule has 0 unspecified atom stereocenters. The molecule has 0 spiro atoms. The first kappa shape index (κ1) is 34.1.